The molecule has 1 amide bonds. The molecule has 1 atom stereocenters. The van der Waals surface area contributed by atoms with Crippen molar-refractivity contribution in [2.45, 2.75) is 18.9 Å². The summed E-state index contributed by atoms with van der Waals surface area (Å²) in [4.78, 5) is 20.1. The molecule has 1 saturated heterocycles. The van der Waals surface area contributed by atoms with Crippen molar-refractivity contribution in [1.82, 2.24) is 9.88 Å². The van der Waals surface area contributed by atoms with Crippen LogP contribution in [-0.4, -0.2) is 42.5 Å². The Bertz CT molecular complexity index is 645. The van der Waals surface area contributed by atoms with Crippen LogP contribution in [0.25, 0.3) is 0 Å². The lowest BCUT2D eigenvalue weighted by Gasteiger charge is -2.32. The van der Waals surface area contributed by atoms with E-state index < -0.39 is 0 Å². The highest BCUT2D eigenvalue weighted by Crippen LogP contribution is 2.22. The van der Waals surface area contributed by atoms with Crippen LogP contribution in [0.4, 0.5) is 5.82 Å². The molecule has 1 N–H and O–H groups in total. The quantitative estimate of drug-likeness (QED) is 0.915. The lowest BCUT2D eigenvalue weighted by molar-refractivity contribution is -0.139. The summed E-state index contributed by atoms with van der Waals surface area (Å²) in [5.74, 6) is 1.00. The summed E-state index contributed by atoms with van der Waals surface area (Å²) in [5.41, 5.74) is 0.868. The number of pyridine rings is 1. The monoisotopic (exact) mass is 331 g/mol. The summed E-state index contributed by atoms with van der Waals surface area (Å²) in [7, 11) is 1.84. The van der Waals surface area contributed by atoms with Gasteiger partial charge in [-0.05, 0) is 30.0 Å². The van der Waals surface area contributed by atoms with Crippen LogP contribution in [0, 0.1) is 0 Å². The minimum absolute atomic E-state index is 0.150. The maximum atomic E-state index is 12.4. The number of aromatic nitrogens is 1. The van der Waals surface area contributed by atoms with Crippen LogP contribution in [0.3, 0.4) is 0 Å². The molecule has 0 radical (unpaired) electrons. The maximum absolute atomic E-state index is 12.4. The molecule has 6 heteroatoms. The Kier molecular flexibility index (Phi) is 5.25. The van der Waals surface area contributed by atoms with E-state index in [1.807, 2.05) is 41.6 Å². The minimum atomic E-state index is -0.150. The molecule has 1 aliphatic rings. The third-order valence-corrected chi connectivity index (χ3v) is 4.88. The molecule has 3 rings (SSSR count). The Morgan fingerprint density at radius 1 is 1.43 bits per heavy atom. The van der Waals surface area contributed by atoms with Crippen molar-refractivity contribution in [3.05, 3.63) is 46.3 Å². The highest BCUT2D eigenvalue weighted by atomic mass is 32.1. The predicted molar refractivity (Wildman–Crippen MR) is 91.7 cm³/mol. The van der Waals surface area contributed by atoms with Gasteiger partial charge in [0.15, 0.2) is 0 Å². The van der Waals surface area contributed by atoms with Crippen molar-refractivity contribution < 1.29 is 9.53 Å². The molecule has 5 nitrogen and oxygen atoms in total. The van der Waals surface area contributed by atoms with Crippen molar-refractivity contribution in [2.75, 3.05) is 32.1 Å². The van der Waals surface area contributed by atoms with Gasteiger partial charge in [0, 0.05) is 24.9 Å². The number of thiophene rings is 1. The number of anilines is 1. The first-order chi connectivity index (χ1) is 11.3. The Balaban J connectivity index is 1.59. The highest BCUT2D eigenvalue weighted by molar-refractivity contribution is 7.09. The van der Waals surface area contributed by atoms with Gasteiger partial charge < -0.3 is 15.0 Å². The highest BCUT2D eigenvalue weighted by Gasteiger charge is 2.26. The first kappa shape index (κ1) is 16.0. The molecule has 0 aliphatic carbocycles. The van der Waals surface area contributed by atoms with Gasteiger partial charge in [-0.2, -0.15) is 0 Å². The number of amides is 1. The lowest BCUT2D eigenvalue weighted by Crippen LogP contribution is -2.42. The first-order valence-corrected chi connectivity index (χ1v) is 8.70. The van der Waals surface area contributed by atoms with Gasteiger partial charge in [0.2, 0.25) is 5.91 Å². The van der Waals surface area contributed by atoms with Crippen LogP contribution in [0.2, 0.25) is 0 Å². The summed E-state index contributed by atoms with van der Waals surface area (Å²) in [6.45, 7) is 1.79. The van der Waals surface area contributed by atoms with Crippen LogP contribution >= 0.6 is 11.3 Å². The summed E-state index contributed by atoms with van der Waals surface area (Å²) < 4.78 is 5.81. The van der Waals surface area contributed by atoms with E-state index in [2.05, 4.69) is 16.4 Å². The summed E-state index contributed by atoms with van der Waals surface area (Å²) in [6.07, 6.45) is 1.21. The zero-order valence-electron chi connectivity index (χ0n) is 13.2. The fraction of sp³-hybridized carbons (Fsp3) is 0.412. The number of nitrogens with one attached hydrogen (secondary N) is 1. The molecule has 2 aromatic heterocycles. The number of nitrogens with zero attached hydrogens (tertiary/aromatic N) is 2. The molecule has 0 saturated carbocycles. The first-order valence-electron chi connectivity index (χ1n) is 7.82. The van der Waals surface area contributed by atoms with E-state index in [4.69, 9.17) is 4.74 Å². The smallest absolute Gasteiger partial charge is 0.223 e. The average molecular weight is 331 g/mol. The van der Waals surface area contributed by atoms with Crippen LogP contribution in [0.5, 0.6) is 0 Å². The lowest BCUT2D eigenvalue weighted by atomic mass is 10.1. The van der Waals surface area contributed by atoms with Crippen molar-refractivity contribution in [1.29, 1.82) is 0 Å². The van der Waals surface area contributed by atoms with Gasteiger partial charge in [0.05, 0.1) is 18.8 Å². The molecule has 23 heavy (non-hydrogen) atoms. The molecule has 122 valence electrons. The number of carbonyl (C=O) groups is 1. The summed E-state index contributed by atoms with van der Waals surface area (Å²) >= 11 is 1.70. The molecule has 3 heterocycles. The van der Waals surface area contributed by atoms with Gasteiger partial charge in [-0.15, -0.1) is 11.3 Å². The van der Waals surface area contributed by atoms with Crippen LogP contribution in [0.15, 0.2) is 35.7 Å². The van der Waals surface area contributed by atoms with E-state index in [9.17, 15) is 4.79 Å². The standard InChI is InChI=1S/C17H21N3O2S/c1-18-16-6-2-5-14(19-16)15-12-20(9-10-22-15)17(21)8-7-13-4-3-11-23-13/h2-6,11,15H,7-10,12H2,1H3,(H,18,19). The number of hydrogen-bond acceptors (Lipinski definition) is 5. The van der Waals surface area contributed by atoms with Crippen molar-refractivity contribution in [3.8, 4) is 0 Å². The van der Waals surface area contributed by atoms with E-state index in [1.54, 1.807) is 11.3 Å². The average Bonchev–Trinajstić information content (AvgIpc) is 3.13. The fourth-order valence-corrected chi connectivity index (χ4v) is 3.38. The van der Waals surface area contributed by atoms with Crippen LogP contribution in [0.1, 0.15) is 23.1 Å². The van der Waals surface area contributed by atoms with E-state index in [-0.39, 0.29) is 12.0 Å². The van der Waals surface area contributed by atoms with Gasteiger partial charge >= 0.3 is 0 Å². The van der Waals surface area contributed by atoms with Gasteiger partial charge in [-0.25, -0.2) is 4.98 Å². The third-order valence-electron chi connectivity index (χ3n) is 3.94. The number of morpholine rings is 1. The predicted octanol–water partition coefficient (Wildman–Crippen LogP) is 2.72. The molecular formula is C17H21N3O2S. The zero-order chi connectivity index (χ0) is 16.1. The van der Waals surface area contributed by atoms with Crippen molar-refractivity contribution in [3.63, 3.8) is 0 Å². The van der Waals surface area contributed by atoms with E-state index in [1.165, 1.54) is 4.88 Å². The largest absolute Gasteiger partial charge is 0.373 e. The summed E-state index contributed by atoms with van der Waals surface area (Å²) in [6, 6.07) is 9.92. The van der Waals surface area contributed by atoms with Gasteiger partial charge in [0.1, 0.15) is 11.9 Å². The number of carbonyl (C=O) groups excluding carboxylic acids is 1. The minimum Gasteiger partial charge on any atom is -0.373 e. The fourth-order valence-electron chi connectivity index (χ4n) is 2.67. The van der Waals surface area contributed by atoms with Crippen molar-refractivity contribution in [2.24, 2.45) is 0 Å². The topological polar surface area (TPSA) is 54.5 Å². The van der Waals surface area contributed by atoms with Crippen molar-refractivity contribution >= 4 is 23.1 Å². The zero-order valence-corrected chi connectivity index (χ0v) is 14.0. The van der Waals surface area contributed by atoms with Gasteiger partial charge in [0.25, 0.3) is 0 Å². The molecule has 1 fully saturated rings. The van der Waals surface area contributed by atoms with Gasteiger partial charge in [-0.3, -0.25) is 4.79 Å². The van der Waals surface area contributed by atoms with E-state index >= 15 is 0 Å². The SMILES string of the molecule is CNc1cccc(C2CN(C(=O)CCc3cccs3)CCO2)n1. The van der Waals surface area contributed by atoms with Crippen LogP contribution in [-0.2, 0) is 16.0 Å². The molecule has 0 bridgehead atoms. The molecule has 0 aromatic carbocycles. The normalized spacial score (nSPS) is 18.0. The second-order valence-corrected chi connectivity index (χ2v) is 6.51. The number of hydrogen-bond donors (Lipinski definition) is 1. The molecule has 2 aromatic rings. The Morgan fingerprint density at radius 2 is 2.35 bits per heavy atom. The Hall–Kier alpha value is -1.92. The molecule has 0 spiro atoms. The molecule has 1 unspecified atom stereocenters. The molecular weight excluding hydrogens is 310 g/mol. The van der Waals surface area contributed by atoms with E-state index in [0.717, 1.165) is 17.9 Å². The second-order valence-electron chi connectivity index (χ2n) is 5.48. The number of aryl methyl sites for hydroxylation is 1. The molecule has 1 aliphatic heterocycles. The maximum Gasteiger partial charge on any atom is 0.223 e. The Morgan fingerprint density at radius 3 is 3.13 bits per heavy atom. The van der Waals surface area contributed by atoms with Gasteiger partial charge in [-0.1, -0.05) is 12.1 Å². The number of rotatable bonds is 5. The number of ether oxygens (including phenoxy) is 1. The van der Waals surface area contributed by atoms with Crippen LogP contribution < -0.4 is 5.32 Å². The van der Waals surface area contributed by atoms with E-state index in [0.29, 0.717) is 26.1 Å². The third kappa shape index (κ3) is 4.09. The second kappa shape index (κ2) is 7.57. The summed E-state index contributed by atoms with van der Waals surface area (Å²) in [5, 5.41) is 5.08. The Labute approximate surface area is 140 Å².